The zero-order chi connectivity index (χ0) is 13.0. The van der Waals surface area contributed by atoms with Crippen LogP contribution in [0.3, 0.4) is 0 Å². The number of aromatic nitrogens is 2. The Balaban J connectivity index is 2.14. The molecular weight excluding hydrogens is 224 g/mol. The Bertz CT molecular complexity index is 547. The molecule has 0 bridgehead atoms. The van der Waals surface area contributed by atoms with Gasteiger partial charge in [-0.05, 0) is 37.1 Å². The second kappa shape index (κ2) is 5.54. The van der Waals surface area contributed by atoms with Crippen LogP contribution in [-0.2, 0) is 12.8 Å². The summed E-state index contributed by atoms with van der Waals surface area (Å²) in [4.78, 5) is 20.5. The molecule has 2 rings (SSSR count). The fourth-order valence-corrected chi connectivity index (χ4v) is 1.81. The second-order valence-corrected chi connectivity index (χ2v) is 4.25. The zero-order valence-electron chi connectivity index (χ0n) is 10.7. The molecule has 0 aliphatic carbocycles. The molecule has 3 nitrogen and oxygen atoms in total. The van der Waals surface area contributed by atoms with Gasteiger partial charge in [0.15, 0.2) is 5.78 Å². The molecule has 0 aromatic carbocycles. The molecule has 0 spiro atoms. The van der Waals surface area contributed by atoms with Crippen LogP contribution >= 0.6 is 0 Å². The lowest BCUT2D eigenvalue weighted by Crippen LogP contribution is -2.07. The highest BCUT2D eigenvalue weighted by Crippen LogP contribution is 2.09. The number of hydrogen-bond acceptors (Lipinski definition) is 3. The first kappa shape index (κ1) is 12.4. The highest BCUT2D eigenvalue weighted by molar-refractivity contribution is 5.98. The maximum absolute atomic E-state index is 12.1. The lowest BCUT2D eigenvalue weighted by molar-refractivity contribution is 0.0991. The minimum Gasteiger partial charge on any atom is -0.294 e. The molecule has 0 atom stereocenters. The lowest BCUT2D eigenvalue weighted by Gasteiger charge is -2.04. The zero-order valence-corrected chi connectivity index (χ0v) is 10.7. The van der Waals surface area contributed by atoms with Gasteiger partial charge in [-0.3, -0.25) is 14.8 Å². The van der Waals surface area contributed by atoms with E-state index in [0.29, 0.717) is 12.0 Å². The SMILES string of the molecule is CCc1ccc(CC(=O)c2cccnc2C)nc1. The van der Waals surface area contributed by atoms with Gasteiger partial charge in [-0.15, -0.1) is 0 Å². The van der Waals surface area contributed by atoms with E-state index >= 15 is 0 Å². The van der Waals surface area contributed by atoms with Gasteiger partial charge in [0.1, 0.15) is 0 Å². The summed E-state index contributed by atoms with van der Waals surface area (Å²) in [7, 11) is 0. The van der Waals surface area contributed by atoms with Crippen molar-refractivity contribution in [3.63, 3.8) is 0 Å². The minimum absolute atomic E-state index is 0.0670. The van der Waals surface area contributed by atoms with Gasteiger partial charge in [0, 0.05) is 29.3 Å². The number of pyridine rings is 2. The molecule has 0 aliphatic rings. The van der Waals surface area contributed by atoms with Crippen LogP contribution in [-0.4, -0.2) is 15.8 Å². The molecule has 0 radical (unpaired) electrons. The van der Waals surface area contributed by atoms with Crippen LogP contribution < -0.4 is 0 Å². The number of rotatable bonds is 4. The van der Waals surface area contributed by atoms with Crippen molar-refractivity contribution in [2.24, 2.45) is 0 Å². The number of aryl methyl sites for hydroxylation is 2. The van der Waals surface area contributed by atoms with E-state index in [4.69, 9.17) is 0 Å². The van der Waals surface area contributed by atoms with Crippen LogP contribution in [0, 0.1) is 6.92 Å². The van der Waals surface area contributed by atoms with Crippen molar-refractivity contribution in [3.8, 4) is 0 Å². The van der Waals surface area contributed by atoms with Crippen molar-refractivity contribution >= 4 is 5.78 Å². The predicted octanol–water partition coefficient (Wildman–Crippen LogP) is 2.77. The van der Waals surface area contributed by atoms with Crippen LogP contribution in [0.15, 0.2) is 36.7 Å². The van der Waals surface area contributed by atoms with Gasteiger partial charge in [-0.1, -0.05) is 13.0 Å². The number of hydrogen-bond donors (Lipinski definition) is 0. The Hall–Kier alpha value is -2.03. The summed E-state index contributed by atoms with van der Waals surface area (Å²) < 4.78 is 0. The highest BCUT2D eigenvalue weighted by Gasteiger charge is 2.10. The first-order valence-corrected chi connectivity index (χ1v) is 6.09. The Morgan fingerprint density at radius 2 is 2.06 bits per heavy atom. The van der Waals surface area contributed by atoms with E-state index in [0.717, 1.165) is 17.8 Å². The smallest absolute Gasteiger partial charge is 0.170 e. The maximum Gasteiger partial charge on any atom is 0.170 e. The molecule has 2 heterocycles. The quantitative estimate of drug-likeness (QED) is 0.772. The van der Waals surface area contributed by atoms with E-state index in [-0.39, 0.29) is 5.78 Å². The van der Waals surface area contributed by atoms with Crippen LogP contribution in [0.5, 0.6) is 0 Å². The van der Waals surface area contributed by atoms with Gasteiger partial charge >= 0.3 is 0 Å². The van der Waals surface area contributed by atoms with E-state index in [9.17, 15) is 4.79 Å². The predicted molar refractivity (Wildman–Crippen MR) is 70.6 cm³/mol. The van der Waals surface area contributed by atoms with Crippen LogP contribution in [0.4, 0.5) is 0 Å². The van der Waals surface area contributed by atoms with Crippen LogP contribution in [0.2, 0.25) is 0 Å². The molecule has 18 heavy (non-hydrogen) atoms. The molecular formula is C15H16N2O. The number of nitrogens with zero attached hydrogens (tertiary/aromatic N) is 2. The van der Waals surface area contributed by atoms with Crippen molar-refractivity contribution in [1.82, 2.24) is 9.97 Å². The van der Waals surface area contributed by atoms with E-state index in [1.165, 1.54) is 5.56 Å². The van der Waals surface area contributed by atoms with Crippen molar-refractivity contribution in [3.05, 3.63) is 59.2 Å². The van der Waals surface area contributed by atoms with Crippen molar-refractivity contribution in [1.29, 1.82) is 0 Å². The van der Waals surface area contributed by atoms with Crippen molar-refractivity contribution in [2.75, 3.05) is 0 Å². The second-order valence-electron chi connectivity index (χ2n) is 4.25. The molecule has 2 aromatic heterocycles. The number of carbonyl (C=O) groups is 1. The number of Topliss-reactive ketones (excluding diaryl/α,β-unsaturated/α-hetero) is 1. The van der Waals surface area contributed by atoms with Gasteiger partial charge in [-0.25, -0.2) is 0 Å². The third kappa shape index (κ3) is 2.80. The summed E-state index contributed by atoms with van der Waals surface area (Å²) in [6, 6.07) is 7.53. The Morgan fingerprint density at radius 3 is 2.67 bits per heavy atom. The third-order valence-electron chi connectivity index (χ3n) is 2.94. The monoisotopic (exact) mass is 240 g/mol. The highest BCUT2D eigenvalue weighted by atomic mass is 16.1. The summed E-state index contributed by atoms with van der Waals surface area (Å²) in [5.74, 6) is 0.0670. The number of ketones is 1. The van der Waals surface area contributed by atoms with Crippen molar-refractivity contribution < 1.29 is 4.79 Å². The van der Waals surface area contributed by atoms with E-state index in [1.54, 1.807) is 12.3 Å². The molecule has 0 fully saturated rings. The Labute approximate surface area is 107 Å². The van der Waals surface area contributed by atoms with E-state index < -0.39 is 0 Å². The molecule has 0 saturated heterocycles. The van der Waals surface area contributed by atoms with Gasteiger partial charge in [-0.2, -0.15) is 0 Å². The molecule has 0 saturated carbocycles. The summed E-state index contributed by atoms with van der Waals surface area (Å²) in [6.45, 7) is 3.93. The van der Waals surface area contributed by atoms with Gasteiger partial charge in [0.05, 0.1) is 6.42 Å². The largest absolute Gasteiger partial charge is 0.294 e. The number of carbonyl (C=O) groups excluding carboxylic acids is 1. The summed E-state index contributed by atoms with van der Waals surface area (Å²) in [5.41, 5.74) is 3.44. The molecule has 2 aromatic rings. The molecule has 0 N–H and O–H groups in total. The van der Waals surface area contributed by atoms with E-state index in [1.807, 2.05) is 31.3 Å². The van der Waals surface area contributed by atoms with Crippen molar-refractivity contribution in [2.45, 2.75) is 26.7 Å². The summed E-state index contributed by atoms with van der Waals surface area (Å²) in [5, 5.41) is 0. The topological polar surface area (TPSA) is 42.9 Å². The fourth-order valence-electron chi connectivity index (χ4n) is 1.81. The first-order valence-electron chi connectivity index (χ1n) is 6.09. The fraction of sp³-hybridized carbons (Fsp3) is 0.267. The van der Waals surface area contributed by atoms with E-state index in [2.05, 4.69) is 16.9 Å². The molecule has 0 aliphatic heterocycles. The van der Waals surface area contributed by atoms with Crippen LogP contribution in [0.25, 0.3) is 0 Å². The summed E-state index contributed by atoms with van der Waals surface area (Å²) >= 11 is 0. The van der Waals surface area contributed by atoms with Gasteiger partial charge in [0.25, 0.3) is 0 Å². The average molecular weight is 240 g/mol. The van der Waals surface area contributed by atoms with Gasteiger partial charge < -0.3 is 0 Å². The molecule has 0 amide bonds. The normalized spacial score (nSPS) is 10.3. The minimum atomic E-state index is 0.0670. The molecule has 0 unspecified atom stereocenters. The lowest BCUT2D eigenvalue weighted by atomic mass is 10.0. The first-order chi connectivity index (χ1) is 8.70. The van der Waals surface area contributed by atoms with Gasteiger partial charge in [0.2, 0.25) is 0 Å². The molecule has 3 heteroatoms. The third-order valence-corrected chi connectivity index (χ3v) is 2.94. The Morgan fingerprint density at radius 1 is 1.22 bits per heavy atom. The standard InChI is InChI=1S/C15H16N2O/c1-3-12-6-7-13(17-10-12)9-15(18)14-5-4-8-16-11(14)2/h4-8,10H,3,9H2,1-2H3. The molecule has 92 valence electrons. The maximum atomic E-state index is 12.1. The summed E-state index contributed by atoms with van der Waals surface area (Å²) in [6.07, 6.45) is 4.82. The van der Waals surface area contributed by atoms with Crippen LogP contribution in [0.1, 0.15) is 34.2 Å². The Kier molecular flexibility index (Phi) is 3.82. The average Bonchev–Trinajstić information content (AvgIpc) is 2.40.